The number of rotatable bonds is 2. The standard InChI is InChI=1S/C17H11Cl3O/c18-13-9-8-12(10-4-1-2-5-11(10)13)17(21)16-14(19)6-3-7-15(16)20/h1-9,17,21H. The molecule has 0 aliphatic rings. The number of aliphatic hydroxyl groups is 1. The first kappa shape index (κ1) is 14.7. The monoisotopic (exact) mass is 336 g/mol. The summed E-state index contributed by atoms with van der Waals surface area (Å²) in [6, 6.07) is 16.4. The Morgan fingerprint density at radius 2 is 1.29 bits per heavy atom. The van der Waals surface area contributed by atoms with Gasteiger partial charge >= 0.3 is 0 Å². The molecule has 3 rings (SSSR count). The third kappa shape index (κ3) is 2.63. The van der Waals surface area contributed by atoms with Gasteiger partial charge in [0.2, 0.25) is 0 Å². The highest BCUT2D eigenvalue weighted by Crippen LogP contribution is 2.38. The smallest absolute Gasteiger partial charge is 0.108 e. The summed E-state index contributed by atoms with van der Waals surface area (Å²) in [4.78, 5) is 0. The summed E-state index contributed by atoms with van der Waals surface area (Å²) < 4.78 is 0. The SMILES string of the molecule is OC(c1c(Cl)cccc1Cl)c1ccc(Cl)c2ccccc12. The van der Waals surface area contributed by atoms with Crippen molar-refractivity contribution in [3.8, 4) is 0 Å². The summed E-state index contributed by atoms with van der Waals surface area (Å²) >= 11 is 18.6. The highest BCUT2D eigenvalue weighted by atomic mass is 35.5. The Bertz CT molecular complexity index is 794. The first-order valence-electron chi connectivity index (χ1n) is 6.38. The van der Waals surface area contributed by atoms with Crippen LogP contribution in [0.1, 0.15) is 17.2 Å². The van der Waals surface area contributed by atoms with Crippen molar-refractivity contribution in [3.63, 3.8) is 0 Å². The highest BCUT2D eigenvalue weighted by Gasteiger charge is 2.19. The molecule has 0 aliphatic heterocycles. The van der Waals surface area contributed by atoms with E-state index in [-0.39, 0.29) is 0 Å². The van der Waals surface area contributed by atoms with Gasteiger partial charge in [0.1, 0.15) is 6.10 Å². The fourth-order valence-electron chi connectivity index (χ4n) is 2.45. The summed E-state index contributed by atoms with van der Waals surface area (Å²) in [5.41, 5.74) is 1.23. The molecule has 0 radical (unpaired) electrons. The molecule has 1 unspecified atom stereocenters. The first-order chi connectivity index (χ1) is 10.1. The van der Waals surface area contributed by atoms with Gasteiger partial charge in [-0.25, -0.2) is 0 Å². The van der Waals surface area contributed by atoms with Crippen molar-refractivity contribution in [1.29, 1.82) is 0 Å². The molecule has 3 aromatic carbocycles. The van der Waals surface area contributed by atoms with Gasteiger partial charge in [-0.05, 0) is 29.1 Å². The molecule has 3 aromatic rings. The van der Waals surface area contributed by atoms with Gasteiger partial charge in [0.15, 0.2) is 0 Å². The van der Waals surface area contributed by atoms with Gasteiger partial charge in [0.05, 0.1) is 0 Å². The van der Waals surface area contributed by atoms with Gasteiger partial charge in [-0.15, -0.1) is 0 Å². The van der Waals surface area contributed by atoms with Crippen LogP contribution in [0.25, 0.3) is 10.8 Å². The van der Waals surface area contributed by atoms with Gasteiger partial charge in [-0.2, -0.15) is 0 Å². The molecule has 0 spiro atoms. The van der Waals surface area contributed by atoms with Crippen molar-refractivity contribution in [2.24, 2.45) is 0 Å². The molecule has 106 valence electrons. The molecule has 0 saturated carbocycles. The fourth-order valence-corrected chi connectivity index (χ4v) is 3.28. The molecule has 21 heavy (non-hydrogen) atoms. The molecule has 4 heteroatoms. The minimum absolute atomic E-state index is 0.439. The van der Waals surface area contributed by atoms with E-state index >= 15 is 0 Å². The molecule has 0 aromatic heterocycles. The van der Waals surface area contributed by atoms with Crippen molar-refractivity contribution < 1.29 is 5.11 Å². The zero-order valence-electron chi connectivity index (χ0n) is 10.9. The average molecular weight is 338 g/mol. The summed E-state index contributed by atoms with van der Waals surface area (Å²) in [5.74, 6) is 0. The average Bonchev–Trinajstić information content (AvgIpc) is 2.47. The zero-order chi connectivity index (χ0) is 15.0. The summed E-state index contributed by atoms with van der Waals surface area (Å²) in [6.45, 7) is 0. The molecule has 0 aliphatic carbocycles. The van der Waals surface area contributed by atoms with E-state index in [9.17, 15) is 5.11 Å². The maximum absolute atomic E-state index is 10.7. The highest BCUT2D eigenvalue weighted by molar-refractivity contribution is 6.36. The van der Waals surface area contributed by atoms with Crippen LogP contribution in [0.4, 0.5) is 0 Å². The normalized spacial score (nSPS) is 12.6. The van der Waals surface area contributed by atoms with E-state index in [1.807, 2.05) is 24.3 Å². The summed E-state index contributed by atoms with van der Waals surface area (Å²) in [6.07, 6.45) is -0.909. The molecular weight excluding hydrogens is 327 g/mol. The molecule has 0 heterocycles. The van der Waals surface area contributed by atoms with Crippen molar-refractivity contribution in [2.75, 3.05) is 0 Å². The Balaban J connectivity index is 2.23. The minimum Gasteiger partial charge on any atom is -0.384 e. The van der Waals surface area contributed by atoms with Crippen LogP contribution in [0.3, 0.4) is 0 Å². The zero-order valence-corrected chi connectivity index (χ0v) is 13.1. The Morgan fingerprint density at radius 3 is 1.95 bits per heavy atom. The number of fused-ring (bicyclic) bond motifs is 1. The maximum atomic E-state index is 10.7. The van der Waals surface area contributed by atoms with E-state index in [2.05, 4.69) is 0 Å². The van der Waals surface area contributed by atoms with Crippen LogP contribution in [0, 0.1) is 0 Å². The lowest BCUT2D eigenvalue weighted by Crippen LogP contribution is -2.02. The number of halogens is 3. The van der Waals surface area contributed by atoms with Crippen molar-refractivity contribution in [3.05, 3.63) is 80.8 Å². The predicted octanol–water partition coefficient (Wildman–Crippen LogP) is 5.88. The molecule has 0 fully saturated rings. The number of aliphatic hydroxyl groups excluding tert-OH is 1. The van der Waals surface area contributed by atoms with E-state index in [1.54, 1.807) is 30.3 Å². The van der Waals surface area contributed by atoms with Crippen molar-refractivity contribution >= 4 is 45.6 Å². The minimum atomic E-state index is -0.909. The van der Waals surface area contributed by atoms with Crippen LogP contribution in [0.15, 0.2) is 54.6 Å². The van der Waals surface area contributed by atoms with Crippen LogP contribution in [-0.4, -0.2) is 5.11 Å². The van der Waals surface area contributed by atoms with Crippen LogP contribution in [0.5, 0.6) is 0 Å². The maximum Gasteiger partial charge on any atom is 0.108 e. The van der Waals surface area contributed by atoms with E-state index in [4.69, 9.17) is 34.8 Å². The van der Waals surface area contributed by atoms with Crippen LogP contribution in [-0.2, 0) is 0 Å². The third-order valence-electron chi connectivity index (χ3n) is 3.47. The quantitative estimate of drug-likeness (QED) is 0.619. The van der Waals surface area contributed by atoms with E-state index in [0.717, 1.165) is 16.3 Å². The number of benzene rings is 3. The Hall–Kier alpha value is -1.25. The lowest BCUT2D eigenvalue weighted by molar-refractivity contribution is 0.222. The van der Waals surface area contributed by atoms with Crippen molar-refractivity contribution in [1.82, 2.24) is 0 Å². The molecule has 0 saturated heterocycles. The molecule has 0 amide bonds. The lowest BCUT2D eigenvalue weighted by Gasteiger charge is -2.17. The Labute approximate surface area is 137 Å². The van der Waals surface area contributed by atoms with Gasteiger partial charge in [0, 0.05) is 26.0 Å². The fraction of sp³-hybridized carbons (Fsp3) is 0.0588. The Morgan fingerprint density at radius 1 is 0.667 bits per heavy atom. The number of hydrogen-bond acceptors (Lipinski definition) is 1. The van der Waals surface area contributed by atoms with E-state index in [0.29, 0.717) is 20.6 Å². The van der Waals surface area contributed by atoms with Gasteiger partial charge in [0.25, 0.3) is 0 Å². The second-order valence-corrected chi connectivity index (χ2v) is 5.94. The summed E-state index contributed by atoms with van der Waals surface area (Å²) in [7, 11) is 0. The predicted molar refractivity (Wildman–Crippen MR) is 89.5 cm³/mol. The van der Waals surface area contributed by atoms with Gasteiger partial charge < -0.3 is 5.11 Å². The molecule has 1 atom stereocenters. The van der Waals surface area contributed by atoms with Crippen LogP contribution in [0.2, 0.25) is 15.1 Å². The molecule has 1 nitrogen and oxygen atoms in total. The van der Waals surface area contributed by atoms with Crippen LogP contribution < -0.4 is 0 Å². The molecule has 0 bridgehead atoms. The van der Waals surface area contributed by atoms with Crippen LogP contribution >= 0.6 is 34.8 Å². The van der Waals surface area contributed by atoms with Gasteiger partial charge in [-0.1, -0.05) is 71.2 Å². The second-order valence-electron chi connectivity index (χ2n) is 4.72. The molecule has 1 N–H and O–H groups in total. The van der Waals surface area contributed by atoms with E-state index in [1.165, 1.54) is 0 Å². The third-order valence-corrected chi connectivity index (χ3v) is 4.46. The van der Waals surface area contributed by atoms with E-state index < -0.39 is 6.10 Å². The first-order valence-corrected chi connectivity index (χ1v) is 7.52. The summed E-state index contributed by atoms with van der Waals surface area (Å²) in [5, 5.41) is 14.0. The second kappa shape index (κ2) is 5.86. The van der Waals surface area contributed by atoms with Gasteiger partial charge in [-0.3, -0.25) is 0 Å². The lowest BCUT2D eigenvalue weighted by atomic mass is 9.96. The molecular formula is C17H11Cl3O. The topological polar surface area (TPSA) is 20.2 Å². The largest absolute Gasteiger partial charge is 0.384 e. The Kier molecular flexibility index (Phi) is 4.10. The van der Waals surface area contributed by atoms with Crippen molar-refractivity contribution in [2.45, 2.75) is 6.10 Å². The number of hydrogen-bond donors (Lipinski definition) is 1.